The molecular weight excluding hydrogens is 674 g/mol. The van der Waals surface area contributed by atoms with Gasteiger partial charge in [0, 0.05) is 63.1 Å². The van der Waals surface area contributed by atoms with Crippen LogP contribution < -0.4 is 10.6 Å². The van der Waals surface area contributed by atoms with Crippen LogP contribution in [0.15, 0.2) is 36.7 Å². The van der Waals surface area contributed by atoms with Crippen molar-refractivity contribution in [2.45, 2.75) is 64.2 Å². The number of ether oxygens (including phenoxy) is 4. The van der Waals surface area contributed by atoms with Crippen LogP contribution in [0.5, 0.6) is 0 Å². The number of aliphatic carboxylic acids is 1. The van der Waals surface area contributed by atoms with E-state index in [2.05, 4.69) is 25.8 Å². The number of likely N-dealkylation sites (N-methyl/N-ethyl adjacent to an activating group) is 1. The summed E-state index contributed by atoms with van der Waals surface area (Å²) in [5.74, 6) is -0.744. The number of nitrogens with zero attached hydrogens (tertiary/aromatic N) is 4. The molecule has 2 aromatic heterocycles. The van der Waals surface area contributed by atoms with Crippen LogP contribution in [0.25, 0.3) is 17.0 Å². The number of carboxylic acids is 1. The zero-order valence-corrected chi connectivity index (χ0v) is 30.2. The molecule has 4 heterocycles. The van der Waals surface area contributed by atoms with Crippen molar-refractivity contribution >= 4 is 47.0 Å². The van der Waals surface area contributed by atoms with Gasteiger partial charge in [-0.25, -0.2) is 24.2 Å². The molecule has 16 heteroatoms. The molecule has 1 atom stereocenters. The summed E-state index contributed by atoms with van der Waals surface area (Å²) in [5, 5.41) is 23.1. The minimum absolute atomic E-state index is 0.105. The van der Waals surface area contributed by atoms with E-state index < -0.39 is 41.4 Å². The van der Waals surface area contributed by atoms with Crippen LogP contribution in [0.1, 0.15) is 55.9 Å². The van der Waals surface area contributed by atoms with Gasteiger partial charge in [0.15, 0.2) is 0 Å². The van der Waals surface area contributed by atoms with E-state index in [1.54, 1.807) is 24.3 Å². The molecule has 1 spiro atoms. The number of rotatable bonds is 13. The Kier molecular flexibility index (Phi) is 12.0. The molecule has 0 bridgehead atoms. The molecule has 2 aliphatic heterocycles. The molecule has 2 aliphatic rings. The Morgan fingerprint density at radius 3 is 2.62 bits per heavy atom. The summed E-state index contributed by atoms with van der Waals surface area (Å²) < 4.78 is 22.4. The van der Waals surface area contributed by atoms with E-state index in [4.69, 9.17) is 18.9 Å². The van der Waals surface area contributed by atoms with Gasteiger partial charge in [-0.2, -0.15) is 5.10 Å². The molecule has 280 valence electrons. The molecule has 1 unspecified atom stereocenters. The molecule has 4 N–H and O–H groups in total. The van der Waals surface area contributed by atoms with Crippen LogP contribution in [0.4, 0.5) is 20.2 Å². The molecule has 1 saturated heterocycles. The van der Waals surface area contributed by atoms with Crippen molar-refractivity contribution in [1.82, 2.24) is 30.3 Å². The average Bonchev–Trinajstić information content (AvgIpc) is 3.56. The van der Waals surface area contributed by atoms with Crippen LogP contribution in [-0.4, -0.2) is 119 Å². The smallest absolute Gasteiger partial charge is 0.413 e. The molecule has 52 heavy (non-hydrogen) atoms. The van der Waals surface area contributed by atoms with Crippen LogP contribution >= 0.6 is 0 Å². The zero-order chi connectivity index (χ0) is 37.5. The van der Waals surface area contributed by atoms with Crippen molar-refractivity contribution in [3.63, 3.8) is 0 Å². The highest BCUT2D eigenvalue weighted by Gasteiger charge is 2.46. The first-order valence-electron chi connectivity index (χ1n) is 17.2. The number of piperidine rings is 1. The van der Waals surface area contributed by atoms with Gasteiger partial charge in [0.1, 0.15) is 23.1 Å². The fourth-order valence-corrected chi connectivity index (χ4v) is 6.11. The molecule has 3 aromatic rings. The van der Waals surface area contributed by atoms with Gasteiger partial charge in [-0.15, -0.1) is 0 Å². The Morgan fingerprint density at radius 2 is 1.88 bits per heavy atom. The monoisotopic (exact) mass is 721 g/mol. The second-order valence-electron chi connectivity index (χ2n) is 13.9. The number of amides is 4. The number of hydrogen-bond acceptors (Lipinski definition) is 10. The molecular formula is C36H47N7O9. The maximum absolute atomic E-state index is 13.3. The number of hydrogen-bond donors (Lipinski definition) is 4. The summed E-state index contributed by atoms with van der Waals surface area (Å²) in [6.45, 7) is 9.64. The van der Waals surface area contributed by atoms with Crippen molar-refractivity contribution < 1.29 is 43.2 Å². The first-order valence-corrected chi connectivity index (χ1v) is 17.2. The number of benzene rings is 1. The largest absolute Gasteiger partial charge is 0.480 e. The molecule has 16 nitrogen and oxygen atoms in total. The first-order chi connectivity index (χ1) is 24.7. The maximum atomic E-state index is 13.3. The molecule has 1 aromatic carbocycles. The Bertz CT molecular complexity index is 1790. The highest BCUT2D eigenvalue weighted by Crippen LogP contribution is 2.43. The average molecular weight is 722 g/mol. The standard InChI is InChI=1S/C36H47N7O9/c1-23-17-25(18-26-22-38-41-29(23)26)20-28(31(44)45)39-32(46)43-10-8-36(9-11-43)27-19-24(21-37-30(27)40-33(47)51-36)7-6-13-49-15-16-50-14-12-42(5)34(48)52-35(2,3)4/h6-7,17-19,21-22,28H,8-16,20H2,1-5H3,(H,38,41)(H,39,46)(H,44,45)(H,37,40,47). The zero-order valence-electron chi connectivity index (χ0n) is 30.2. The van der Waals surface area contributed by atoms with Crippen molar-refractivity contribution in [2.75, 3.05) is 58.4 Å². The molecule has 4 amide bonds. The van der Waals surface area contributed by atoms with Gasteiger partial charge >= 0.3 is 24.2 Å². The van der Waals surface area contributed by atoms with Gasteiger partial charge < -0.3 is 39.2 Å². The minimum atomic E-state index is -1.14. The number of aryl methyl sites for hydroxylation is 1. The van der Waals surface area contributed by atoms with E-state index in [0.717, 1.165) is 27.6 Å². The lowest BCUT2D eigenvalue weighted by Crippen LogP contribution is -2.54. The number of likely N-dealkylation sites (tertiary alicyclic amines) is 1. The van der Waals surface area contributed by atoms with Crippen LogP contribution in [0.3, 0.4) is 0 Å². The fourth-order valence-electron chi connectivity index (χ4n) is 6.11. The van der Waals surface area contributed by atoms with Gasteiger partial charge in [-0.3, -0.25) is 10.4 Å². The van der Waals surface area contributed by atoms with E-state index >= 15 is 0 Å². The van der Waals surface area contributed by atoms with Crippen LogP contribution in [0, 0.1) is 6.92 Å². The van der Waals surface area contributed by atoms with Gasteiger partial charge in [-0.05, 0) is 56.5 Å². The van der Waals surface area contributed by atoms with E-state index in [-0.39, 0.29) is 19.5 Å². The van der Waals surface area contributed by atoms with Gasteiger partial charge in [0.05, 0.1) is 38.1 Å². The number of nitrogens with one attached hydrogen (secondary N) is 3. The second-order valence-corrected chi connectivity index (χ2v) is 13.9. The van der Waals surface area contributed by atoms with E-state index in [9.17, 15) is 24.3 Å². The molecule has 0 radical (unpaired) electrons. The number of anilines is 1. The predicted molar refractivity (Wildman–Crippen MR) is 191 cm³/mol. The lowest BCUT2D eigenvalue weighted by Gasteiger charge is -2.43. The van der Waals surface area contributed by atoms with E-state index in [1.165, 1.54) is 4.90 Å². The summed E-state index contributed by atoms with van der Waals surface area (Å²) >= 11 is 0. The van der Waals surface area contributed by atoms with Gasteiger partial charge in [-0.1, -0.05) is 18.2 Å². The number of carboxylic acid groups (broad SMARTS) is 1. The Morgan fingerprint density at radius 1 is 1.13 bits per heavy atom. The third-order valence-corrected chi connectivity index (χ3v) is 8.78. The quantitative estimate of drug-likeness (QED) is 0.182. The Balaban J connectivity index is 1.10. The van der Waals surface area contributed by atoms with Gasteiger partial charge in [0.25, 0.3) is 0 Å². The van der Waals surface area contributed by atoms with E-state index in [0.29, 0.717) is 57.2 Å². The normalized spacial score (nSPS) is 15.9. The predicted octanol–water partition coefficient (Wildman–Crippen LogP) is 4.44. The third-order valence-electron chi connectivity index (χ3n) is 8.78. The maximum Gasteiger partial charge on any atom is 0.413 e. The highest BCUT2D eigenvalue weighted by molar-refractivity contribution is 5.88. The molecule has 1 fully saturated rings. The highest BCUT2D eigenvalue weighted by atomic mass is 16.6. The number of pyridine rings is 1. The molecule has 0 aliphatic carbocycles. The number of aromatic amines is 1. The Hall–Kier alpha value is -5.22. The lowest BCUT2D eigenvalue weighted by atomic mass is 9.83. The third kappa shape index (κ3) is 9.76. The SMILES string of the molecule is Cc1cc(CC(NC(=O)N2CCC3(CC2)OC(=O)Nc2ncc(C=CCOCCOCCN(C)C(=O)OC(C)(C)C)cc23)C(=O)O)cc2cn[nH]c12. The number of urea groups is 1. The number of carbonyl (C=O) groups is 4. The summed E-state index contributed by atoms with van der Waals surface area (Å²) in [6.07, 6.45) is 6.71. The topological polar surface area (TPSA) is 198 Å². The summed E-state index contributed by atoms with van der Waals surface area (Å²) in [7, 11) is 1.66. The molecule has 5 rings (SSSR count). The number of H-pyrrole nitrogens is 1. The fraction of sp³-hybridized carbons (Fsp3) is 0.500. The van der Waals surface area contributed by atoms with Crippen LogP contribution in [-0.2, 0) is 35.8 Å². The van der Waals surface area contributed by atoms with Crippen molar-refractivity contribution in [3.05, 3.63) is 58.9 Å². The molecule has 0 saturated carbocycles. The van der Waals surface area contributed by atoms with Crippen molar-refractivity contribution in [3.8, 4) is 0 Å². The number of carbonyl (C=O) groups excluding carboxylic acids is 3. The summed E-state index contributed by atoms with van der Waals surface area (Å²) in [5.41, 5.74) is 2.50. The summed E-state index contributed by atoms with van der Waals surface area (Å²) in [6, 6.07) is 4.00. The second kappa shape index (κ2) is 16.4. The number of aromatic nitrogens is 3. The van der Waals surface area contributed by atoms with Crippen molar-refractivity contribution in [1.29, 1.82) is 0 Å². The summed E-state index contributed by atoms with van der Waals surface area (Å²) in [4.78, 5) is 57.4. The van der Waals surface area contributed by atoms with E-state index in [1.807, 2.05) is 58.0 Å². The van der Waals surface area contributed by atoms with Crippen LogP contribution in [0.2, 0.25) is 0 Å². The van der Waals surface area contributed by atoms with Gasteiger partial charge in [0.2, 0.25) is 0 Å². The first kappa shape index (κ1) is 38.0. The minimum Gasteiger partial charge on any atom is -0.480 e. The lowest BCUT2D eigenvalue weighted by molar-refractivity contribution is -0.139. The Labute approximate surface area is 301 Å². The van der Waals surface area contributed by atoms with Crippen molar-refractivity contribution in [2.24, 2.45) is 0 Å². The number of fused-ring (bicyclic) bond motifs is 3.